The van der Waals surface area contributed by atoms with Crippen molar-refractivity contribution in [3.8, 4) is 0 Å². The third-order valence-corrected chi connectivity index (χ3v) is 0.870. The maximum atomic E-state index is 12.4. The summed E-state index contributed by atoms with van der Waals surface area (Å²) in [5.74, 6) is -4.12. The lowest BCUT2D eigenvalue weighted by Crippen LogP contribution is -1.89. The molecule has 2 nitrogen and oxygen atoms in total. The van der Waals surface area contributed by atoms with E-state index < -0.39 is 23.0 Å². The lowest BCUT2D eigenvalue weighted by Gasteiger charge is -1.95. The van der Waals surface area contributed by atoms with Gasteiger partial charge in [0.05, 0.1) is 0 Å². The standard InChI is InChI=1S/C7H6F2O2/c1-4(3-10)6(8)7(9)5(2)11/h3,11H,1-2H2/b7-6-. The largest absolute Gasteiger partial charge is 0.505 e. The molecule has 0 saturated carbocycles. The van der Waals surface area contributed by atoms with E-state index in [4.69, 9.17) is 5.11 Å². The summed E-state index contributed by atoms with van der Waals surface area (Å²) in [6, 6.07) is 0. The second kappa shape index (κ2) is 3.65. The second-order valence-corrected chi connectivity index (χ2v) is 1.72. The average Bonchev–Trinajstić information content (AvgIpc) is 2.00. The third kappa shape index (κ3) is 2.33. The minimum atomic E-state index is -1.57. The first-order valence-corrected chi connectivity index (χ1v) is 2.58. The van der Waals surface area contributed by atoms with Crippen molar-refractivity contribution in [1.29, 1.82) is 0 Å². The van der Waals surface area contributed by atoms with Gasteiger partial charge in [-0.25, -0.2) is 4.39 Å². The topological polar surface area (TPSA) is 37.3 Å². The van der Waals surface area contributed by atoms with Crippen LogP contribution >= 0.6 is 0 Å². The maximum absolute atomic E-state index is 12.4. The first kappa shape index (κ1) is 9.55. The molecule has 0 fully saturated rings. The van der Waals surface area contributed by atoms with Gasteiger partial charge in [-0.1, -0.05) is 13.2 Å². The summed E-state index contributed by atoms with van der Waals surface area (Å²) in [4.78, 5) is 9.82. The van der Waals surface area contributed by atoms with Crippen LogP contribution in [0.15, 0.2) is 36.1 Å². The summed E-state index contributed by atoms with van der Waals surface area (Å²) in [5.41, 5.74) is -0.669. The van der Waals surface area contributed by atoms with Crippen LogP contribution in [0.4, 0.5) is 8.78 Å². The van der Waals surface area contributed by atoms with E-state index in [1.165, 1.54) is 0 Å². The van der Waals surface area contributed by atoms with Gasteiger partial charge in [-0.15, -0.1) is 0 Å². The lowest BCUT2D eigenvalue weighted by molar-refractivity contribution is -0.104. The fourth-order valence-corrected chi connectivity index (χ4v) is 0.319. The highest BCUT2D eigenvalue weighted by molar-refractivity contribution is 5.78. The summed E-state index contributed by atoms with van der Waals surface area (Å²) in [6.07, 6.45) is 0.0395. The Bertz CT molecular complexity index is 241. The number of aliphatic hydroxyl groups is 1. The molecule has 0 aliphatic heterocycles. The predicted octanol–water partition coefficient (Wildman–Crippen LogP) is 1.96. The summed E-state index contributed by atoms with van der Waals surface area (Å²) in [7, 11) is 0. The zero-order valence-corrected chi connectivity index (χ0v) is 5.60. The van der Waals surface area contributed by atoms with Crippen molar-refractivity contribution in [2.75, 3.05) is 0 Å². The SMILES string of the molecule is C=C(O)/C(F)=C(/F)C(=C)C=O. The predicted molar refractivity (Wildman–Crippen MR) is 36.2 cm³/mol. The Morgan fingerprint density at radius 2 is 1.73 bits per heavy atom. The Kier molecular flexibility index (Phi) is 3.17. The normalized spacial score (nSPS) is 11.8. The smallest absolute Gasteiger partial charge is 0.200 e. The molecule has 0 aromatic heterocycles. The molecule has 0 saturated heterocycles. The van der Waals surface area contributed by atoms with Crippen LogP contribution in [-0.2, 0) is 4.79 Å². The minimum Gasteiger partial charge on any atom is -0.505 e. The highest BCUT2D eigenvalue weighted by Crippen LogP contribution is 2.18. The number of carbonyl (C=O) groups excluding carboxylic acids is 1. The number of rotatable bonds is 3. The molecular formula is C7H6F2O2. The van der Waals surface area contributed by atoms with Gasteiger partial charge in [0.1, 0.15) is 5.76 Å². The maximum Gasteiger partial charge on any atom is 0.200 e. The number of hydrogen-bond donors (Lipinski definition) is 1. The number of hydrogen-bond acceptors (Lipinski definition) is 2. The van der Waals surface area contributed by atoms with E-state index in [0.29, 0.717) is 0 Å². The van der Waals surface area contributed by atoms with Gasteiger partial charge >= 0.3 is 0 Å². The summed E-state index contributed by atoms with van der Waals surface area (Å²) < 4.78 is 24.7. The van der Waals surface area contributed by atoms with Gasteiger partial charge in [-0.05, 0) is 0 Å². The Labute approximate surface area is 62.1 Å². The van der Waals surface area contributed by atoms with E-state index in [2.05, 4.69) is 13.2 Å². The quantitative estimate of drug-likeness (QED) is 0.296. The first-order chi connectivity index (χ1) is 5.00. The van der Waals surface area contributed by atoms with Crippen LogP contribution in [0.2, 0.25) is 0 Å². The number of aliphatic hydroxyl groups excluding tert-OH is 1. The van der Waals surface area contributed by atoms with Gasteiger partial charge in [-0.2, -0.15) is 4.39 Å². The molecule has 0 unspecified atom stereocenters. The number of carbonyl (C=O) groups is 1. The highest BCUT2D eigenvalue weighted by atomic mass is 19.2. The van der Waals surface area contributed by atoms with Gasteiger partial charge in [0, 0.05) is 5.57 Å². The van der Waals surface area contributed by atoms with Crippen molar-refractivity contribution in [3.63, 3.8) is 0 Å². The molecule has 0 heterocycles. The molecule has 1 N–H and O–H groups in total. The number of halogens is 2. The van der Waals surface area contributed by atoms with Crippen LogP contribution in [0.25, 0.3) is 0 Å². The molecule has 4 heteroatoms. The van der Waals surface area contributed by atoms with Crippen molar-refractivity contribution >= 4 is 6.29 Å². The van der Waals surface area contributed by atoms with Crippen LogP contribution in [0.1, 0.15) is 0 Å². The molecule has 0 atom stereocenters. The van der Waals surface area contributed by atoms with Crippen molar-refractivity contribution < 1.29 is 18.7 Å². The lowest BCUT2D eigenvalue weighted by atomic mass is 10.2. The van der Waals surface area contributed by atoms with E-state index in [-0.39, 0.29) is 6.29 Å². The van der Waals surface area contributed by atoms with E-state index >= 15 is 0 Å². The molecule has 0 aliphatic carbocycles. The van der Waals surface area contributed by atoms with Crippen molar-refractivity contribution in [1.82, 2.24) is 0 Å². The van der Waals surface area contributed by atoms with Crippen molar-refractivity contribution in [2.45, 2.75) is 0 Å². The van der Waals surface area contributed by atoms with Crippen LogP contribution in [0.3, 0.4) is 0 Å². The van der Waals surface area contributed by atoms with Crippen molar-refractivity contribution in [2.24, 2.45) is 0 Å². The molecule has 0 aliphatic rings. The summed E-state index contributed by atoms with van der Waals surface area (Å²) in [6.45, 7) is 5.60. The van der Waals surface area contributed by atoms with E-state index in [1.54, 1.807) is 0 Å². The van der Waals surface area contributed by atoms with E-state index in [1.807, 2.05) is 0 Å². The Balaban J connectivity index is 4.80. The third-order valence-electron chi connectivity index (χ3n) is 0.870. The molecule has 0 bridgehead atoms. The van der Waals surface area contributed by atoms with Gasteiger partial charge in [0.15, 0.2) is 17.9 Å². The van der Waals surface area contributed by atoms with Crippen LogP contribution in [-0.4, -0.2) is 11.4 Å². The van der Waals surface area contributed by atoms with Crippen molar-refractivity contribution in [3.05, 3.63) is 36.1 Å². The van der Waals surface area contributed by atoms with Gasteiger partial charge < -0.3 is 5.11 Å². The fourth-order valence-electron chi connectivity index (χ4n) is 0.319. The molecule has 0 spiro atoms. The summed E-state index contributed by atoms with van der Waals surface area (Å²) >= 11 is 0. The van der Waals surface area contributed by atoms with Crippen LogP contribution < -0.4 is 0 Å². The molecule has 0 aromatic rings. The van der Waals surface area contributed by atoms with E-state index in [9.17, 15) is 13.6 Å². The molecule has 0 rings (SSSR count). The monoisotopic (exact) mass is 160 g/mol. The average molecular weight is 160 g/mol. The zero-order valence-electron chi connectivity index (χ0n) is 5.60. The Hall–Kier alpha value is -1.45. The van der Waals surface area contributed by atoms with Gasteiger partial charge in [-0.3, -0.25) is 4.79 Å². The Morgan fingerprint density at radius 1 is 1.27 bits per heavy atom. The molecule has 0 aromatic carbocycles. The fraction of sp³-hybridized carbons (Fsp3) is 0. The molecule has 11 heavy (non-hydrogen) atoms. The highest BCUT2D eigenvalue weighted by Gasteiger charge is 2.11. The molecule has 0 radical (unpaired) electrons. The minimum absolute atomic E-state index is 0.0395. The van der Waals surface area contributed by atoms with E-state index in [0.717, 1.165) is 0 Å². The van der Waals surface area contributed by atoms with Crippen LogP contribution in [0.5, 0.6) is 0 Å². The molecule has 60 valence electrons. The number of allylic oxidation sites excluding steroid dienone is 3. The zero-order chi connectivity index (χ0) is 9.02. The first-order valence-electron chi connectivity index (χ1n) is 2.58. The van der Waals surface area contributed by atoms with Gasteiger partial charge in [0.25, 0.3) is 0 Å². The molecular weight excluding hydrogens is 154 g/mol. The summed E-state index contributed by atoms with van der Waals surface area (Å²) in [5, 5.41) is 8.31. The van der Waals surface area contributed by atoms with Crippen LogP contribution in [0, 0.1) is 0 Å². The second-order valence-electron chi connectivity index (χ2n) is 1.72. The number of aldehydes is 1. The molecule has 0 amide bonds. The Morgan fingerprint density at radius 3 is 2.00 bits per heavy atom. The van der Waals surface area contributed by atoms with Gasteiger partial charge in [0.2, 0.25) is 0 Å².